The minimum Gasteiger partial charge on any atom is -0.490 e. The van der Waals surface area contributed by atoms with Crippen molar-refractivity contribution in [2.24, 2.45) is 5.92 Å². The lowest BCUT2D eigenvalue weighted by atomic mass is 10.0. The van der Waals surface area contributed by atoms with Gasteiger partial charge < -0.3 is 28.9 Å². The topological polar surface area (TPSA) is 126 Å². The average Bonchev–Trinajstić information content (AvgIpc) is 3.27. The molecule has 0 saturated heterocycles. The van der Waals surface area contributed by atoms with Gasteiger partial charge in [0.2, 0.25) is 10.0 Å². The number of likely N-dealkylation sites (N-methyl/N-ethyl adjacent to an activating group) is 1. The molecule has 41 heavy (non-hydrogen) atoms. The maximum absolute atomic E-state index is 14.1. The second kappa shape index (κ2) is 14.0. The number of carbonyl (C=O) groups excluding carboxylic acids is 1. The van der Waals surface area contributed by atoms with Gasteiger partial charge in [0.25, 0.3) is 5.91 Å². The molecule has 1 N–H and O–H groups in total. The first-order chi connectivity index (χ1) is 19.3. The van der Waals surface area contributed by atoms with Crippen LogP contribution in [0.25, 0.3) is 0 Å². The van der Waals surface area contributed by atoms with Gasteiger partial charge in [-0.05, 0) is 65.2 Å². The van der Waals surface area contributed by atoms with Crippen molar-refractivity contribution in [2.75, 3.05) is 52.3 Å². The highest BCUT2D eigenvalue weighted by atomic mass is 32.2. The molecule has 0 saturated carbocycles. The van der Waals surface area contributed by atoms with Crippen LogP contribution in [0.2, 0.25) is 0 Å². The van der Waals surface area contributed by atoms with Crippen molar-refractivity contribution in [3.8, 4) is 5.75 Å². The quantitative estimate of drug-likeness (QED) is 0.513. The molecule has 1 aromatic heterocycles. The number of aromatic nitrogens is 1. The molecule has 1 aromatic carbocycles. The summed E-state index contributed by atoms with van der Waals surface area (Å²) in [5, 5.41) is 13.9. The Morgan fingerprint density at radius 3 is 2.49 bits per heavy atom. The number of nitrogens with zero attached hydrogens (tertiary/aromatic N) is 4. The smallest absolute Gasteiger partial charge is 0.258 e. The third-order valence-corrected chi connectivity index (χ3v) is 9.69. The van der Waals surface area contributed by atoms with E-state index < -0.39 is 22.2 Å². The summed E-state index contributed by atoms with van der Waals surface area (Å²) in [4.78, 5) is 17.7. The first kappa shape index (κ1) is 32.8. The highest BCUT2D eigenvalue weighted by Gasteiger charge is 2.34. The molecule has 1 aliphatic heterocycles. The van der Waals surface area contributed by atoms with Gasteiger partial charge >= 0.3 is 0 Å². The number of anilines is 1. The second-order valence-electron chi connectivity index (χ2n) is 11.3. The molecule has 0 unspecified atom stereocenters. The van der Waals surface area contributed by atoms with E-state index in [0.717, 1.165) is 24.9 Å². The molecule has 12 heteroatoms. The van der Waals surface area contributed by atoms with Crippen molar-refractivity contribution in [3.63, 3.8) is 0 Å². The zero-order valence-corrected chi connectivity index (χ0v) is 26.4. The van der Waals surface area contributed by atoms with Gasteiger partial charge in [-0.2, -0.15) is 4.31 Å². The largest absolute Gasteiger partial charge is 0.490 e. The van der Waals surface area contributed by atoms with E-state index in [1.165, 1.54) is 11.4 Å². The lowest BCUT2D eigenvalue weighted by Crippen LogP contribution is -2.48. The summed E-state index contributed by atoms with van der Waals surface area (Å²) >= 11 is 0. The zero-order valence-electron chi connectivity index (χ0n) is 25.6. The minimum absolute atomic E-state index is 0.0570. The molecule has 1 amide bonds. The Morgan fingerprint density at radius 2 is 1.88 bits per heavy atom. The van der Waals surface area contributed by atoms with Crippen LogP contribution in [0.5, 0.6) is 5.75 Å². The van der Waals surface area contributed by atoms with E-state index in [2.05, 4.69) is 5.16 Å². The van der Waals surface area contributed by atoms with Gasteiger partial charge in [-0.25, -0.2) is 8.42 Å². The second-order valence-corrected chi connectivity index (χ2v) is 13.3. The van der Waals surface area contributed by atoms with Crippen LogP contribution in [0.1, 0.15) is 61.8 Å². The lowest BCUT2D eigenvalue weighted by molar-refractivity contribution is -0.00835. The number of ether oxygens (including phenoxy) is 2. The van der Waals surface area contributed by atoms with Gasteiger partial charge in [0.1, 0.15) is 16.3 Å². The van der Waals surface area contributed by atoms with Crippen molar-refractivity contribution in [3.05, 3.63) is 35.2 Å². The number of aryl methyl sites for hydroxylation is 2. The standard InChI is InChI=1S/C29H46N4O7S/c1-19-16-33(20(2)18-34)29(35)25-15-24(31(6)7)12-13-26(25)39-21(3)11-9-10-14-38-27(19)17-32(8)41(36,37)28-22(4)30-40-23(28)5/h12-13,15,19-21,27,34H,9-11,14,16-18H2,1-8H3/t19-,20-,21-,27+/m0/s1. The number of rotatable bonds is 7. The van der Waals surface area contributed by atoms with Gasteiger partial charge in [0.05, 0.1) is 30.4 Å². The summed E-state index contributed by atoms with van der Waals surface area (Å²) in [5.41, 5.74) is 1.57. The number of sulfonamides is 1. The number of hydrogen-bond donors (Lipinski definition) is 1. The molecule has 0 bridgehead atoms. The van der Waals surface area contributed by atoms with E-state index in [-0.39, 0.29) is 48.3 Å². The number of aliphatic hydroxyl groups is 1. The lowest BCUT2D eigenvalue weighted by Gasteiger charge is -2.35. The Balaban J connectivity index is 1.98. The van der Waals surface area contributed by atoms with Crippen LogP contribution in [0.3, 0.4) is 0 Å². The molecular formula is C29H46N4O7S. The Labute approximate surface area is 244 Å². The molecule has 2 aromatic rings. The maximum atomic E-state index is 14.1. The molecule has 0 radical (unpaired) electrons. The molecule has 4 atom stereocenters. The number of fused-ring (bicyclic) bond motifs is 1. The third-order valence-electron chi connectivity index (χ3n) is 7.62. The van der Waals surface area contributed by atoms with Crippen molar-refractivity contribution >= 4 is 21.6 Å². The number of carbonyl (C=O) groups is 1. The molecule has 11 nitrogen and oxygen atoms in total. The van der Waals surface area contributed by atoms with E-state index in [4.69, 9.17) is 14.0 Å². The molecule has 0 aliphatic carbocycles. The monoisotopic (exact) mass is 594 g/mol. The van der Waals surface area contributed by atoms with Crippen molar-refractivity contribution in [1.82, 2.24) is 14.4 Å². The Hall–Kier alpha value is -2.67. The predicted octanol–water partition coefficient (Wildman–Crippen LogP) is 3.47. The molecule has 3 rings (SSSR count). The number of amides is 1. The van der Waals surface area contributed by atoms with Crippen molar-refractivity contribution in [1.29, 1.82) is 0 Å². The predicted molar refractivity (Wildman–Crippen MR) is 157 cm³/mol. The highest BCUT2D eigenvalue weighted by molar-refractivity contribution is 7.89. The summed E-state index contributed by atoms with van der Waals surface area (Å²) in [5.74, 6) is 0.205. The van der Waals surface area contributed by atoms with Gasteiger partial charge in [0, 0.05) is 52.4 Å². The maximum Gasteiger partial charge on any atom is 0.258 e. The van der Waals surface area contributed by atoms with E-state index in [0.29, 0.717) is 23.6 Å². The fraction of sp³-hybridized carbons (Fsp3) is 0.655. The summed E-state index contributed by atoms with van der Waals surface area (Å²) < 4.78 is 45.8. The van der Waals surface area contributed by atoms with E-state index in [9.17, 15) is 18.3 Å². The van der Waals surface area contributed by atoms with Crippen molar-refractivity contribution < 1.29 is 32.3 Å². The normalized spacial score (nSPS) is 22.1. The fourth-order valence-electron chi connectivity index (χ4n) is 5.00. The molecule has 1 aliphatic rings. The van der Waals surface area contributed by atoms with Crippen LogP contribution in [0.15, 0.2) is 27.6 Å². The van der Waals surface area contributed by atoms with Crippen molar-refractivity contribution in [2.45, 2.75) is 77.0 Å². The summed E-state index contributed by atoms with van der Waals surface area (Å²) in [6.07, 6.45) is 1.76. The number of hydrogen-bond acceptors (Lipinski definition) is 9. The molecule has 0 spiro atoms. The number of benzene rings is 1. The van der Waals surface area contributed by atoms with Gasteiger partial charge in [-0.3, -0.25) is 4.79 Å². The van der Waals surface area contributed by atoms with Gasteiger partial charge in [0.15, 0.2) is 5.76 Å². The fourth-order valence-corrected chi connectivity index (χ4v) is 6.47. The molecule has 230 valence electrons. The third kappa shape index (κ3) is 7.79. The SMILES string of the molecule is Cc1noc(C)c1S(=O)(=O)N(C)C[C@H]1OCCCC[C@H](C)Oc2ccc(N(C)C)cc2C(=O)N([C@@H](C)CO)C[C@@H]1C. The minimum atomic E-state index is -3.89. The van der Waals surface area contributed by atoms with Crippen LogP contribution in [-0.2, 0) is 14.8 Å². The van der Waals surface area contributed by atoms with Crippen LogP contribution >= 0.6 is 0 Å². The highest BCUT2D eigenvalue weighted by Crippen LogP contribution is 2.30. The first-order valence-electron chi connectivity index (χ1n) is 14.2. The Morgan fingerprint density at radius 1 is 1.17 bits per heavy atom. The van der Waals surface area contributed by atoms with Crippen LogP contribution in [0, 0.1) is 19.8 Å². The van der Waals surface area contributed by atoms with Crippen LogP contribution in [-0.4, -0.2) is 99.5 Å². The Bertz CT molecular complexity index is 1260. The Kier molecular flexibility index (Phi) is 11.2. The molecule has 0 fully saturated rings. The first-order valence-corrected chi connectivity index (χ1v) is 15.6. The van der Waals surface area contributed by atoms with E-state index in [1.54, 1.807) is 25.7 Å². The van der Waals surface area contributed by atoms with E-state index in [1.807, 2.05) is 51.0 Å². The van der Waals surface area contributed by atoms with Gasteiger partial charge in [-0.15, -0.1) is 0 Å². The van der Waals surface area contributed by atoms with Crippen LogP contribution in [0.4, 0.5) is 5.69 Å². The molecular weight excluding hydrogens is 548 g/mol. The zero-order chi connectivity index (χ0) is 30.5. The average molecular weight is 595 g/mol. The van der Waals surface area contributed by atoms with E-state index >= 15 is 0 Å². The summed E-state index contributed by atoms with van der Waals surface area (Å²) in [6, 6.07) is 5.08. The summed E-state index contributed by atoms with van der Waals surface area (Å²) in [7, 11) is 1.44. The van der Waals surface area contributed by atoms with Gasteiger partial charge in [-0.1, -0.05) is 12.1 Å². The summed E-state index contributed by atoms with van der Waals surface area (Å²) in [6.45, 7) is 9.40. The van der Waals surface area contributed by atoms with Crippen LogP contribution < -0.4 is 9.64 Å². The number of aliphatic hydroxyl groups excluding tert-OH is 1. The molecule has 2 heterocycles.